The van der Waals surface area contributed by atoms with Gasteiger partial charge in [-0.15, -0.1) is 0 Å². The van der Waals surface area contributed by atoms with Crippen molar-refractivity contribution in [3.8, 4) is 34.5 Å². The summed E-state index contributed by atoms with van der Waals surface area (Å²) in [4.78, 5) is 62.3. The molecule has 33 nitrogen and oxygen atoms in total. The number of hydrogen-bond acceptors (Lipinski definition) is 14. The molecule has 0 bridgehead atoms. The third-order valence-corrected chi connectivity index (χ3v) is 10.5. The van der Waals surface area contributed by atoms with Gasteiger partial charge in [0.25, 0.3) is 0 Å². The van der Waals surface area contributed by atoms with Crippen molar-refractivity contribution < 1.29 is 252 Å². The average molecular weight is 1830 g/mol. The third kappa shape index (κ3) is 42.4. The normalized spacial score (nSPS) is 7.96. The van der Waals surface area contributed by atoms with Crippen LogP contribution in [-0.2, 0) is 60.2 Å². The zero-order valence-electron chi connectivity index (χ0n) is 43.1. The zero-order valence-corrected chi connectivity index (χ0v) is 56.7. The van der Waals surface area contributed by atoms with Crippen LogP contribution in [0.25, 0.3) is 0 Å². The first-order valence-electron chi connectivity index (χ1n) is 17.5. The second-order valence-corrected chi connectivity index (χ2v) is 17.5. The van der Waals surface area contributed by atoms with Crippen LogP contribution in [0.5, 0.6) is 34.5 Å². The second-order valence-electron chi connectivity index (χ2n) is 12.4. The zero-order chi connectivity index (χ0) is 55.8. The molecule has 0 aromatic heterocycles. The molecule has 0 atom stereocenters. The van der Waals surface area contributed by atoms with E-state index in [1.807, 2.05) is 0 Å². The number of carboxylic acid groups (broad SMARTS) is 6. The van der Waals surface area contributed by atoms with Crippen LogP contribution in [0.4, 0.5) is 0 Å². The predicted molar refractivity (Wildman–Crippen MR) is 324 cm³/mol. The van der Waals surface area contributed by atoms with Crippen molar-refractivity contribution >= 4 is 175 Å². The van der Waals surface area contributed by atoms with Crippen molar-refractivity contribution in [2.24, 2.45) is 0 Å². The van der Waals surface area contributed by atoms with Crippen LogP contribution < -0.4 is 30.6 Å². The summed E-state index contributed by atoms with van der Waals surface area (Å²) >= 11 is 65.4. The summed E-state index contributed by atoms with van der Waals surface area (Å²) in [6, 6.07) is 13.7. The molecule has 514 valence electrons. The Morgan fingerprint density at radius 1 is 0.270 bits per heavy atom. The fourth-order valence-corrected chi connectivity index (χ4v) is 7.28. The van der Waals surface area contributed by atoms with E-state index in [-0.39, 0.29) is 222 Å². The molecule has 0 unspecified atom stereocenters. The van der Waals surface area contributed by atoms with E-state index in [0.717, 1.165) is 36.4 Å². The summed E-state index contributed by atoms with van der Waals surface area (Å²) in [5.41, 5.74) is -2.46. The maximum absolute atomic E-state index is 11.0. The molecule has 47 heteroatoms. The van der Waals surface area contributed by atoms with Crippen LogP contribution in [0.3, 0.4) is 0 Å². The van der Waals surface area contributed by atoms with E-state index in [1.165, 1.54) is 36.4 Å². The van der Waals surface area contributed by atoms with E-state index in [9.17, 15) is 59.4 Å². The molecular weight excluding hydrogens is 1770 g/mol. The van der Waals surface area contributed by atoms with Crippen LogP contribution in [0, 0.1) is 79.9 Å². The summed E-state index contributed by atoms with van der Waals surface area (Å²) in [5, 5.41) is 117. The van der Waals surface area contributed by atoms with E-state index in [1.54, 1.807) is 0 Å². The van der Waals surface area contributed by atoms with Gasteiger partial charge in [0, 0.05) is 61.4 Å². The van der Waals surface area contributed by atoms with Gasteiger partial charge < -0.3 is 153 Å². The first kappa shape index (κ1) is 130. The van der Waals surface area contributed by atoms with Gasteiger partial charge in [0.2, 0.25) is 0 Å². The molecule has 0 heterocycles. The average Bonchev–Trinajstić information content (AvgIpc) is 3.26. The Balaban J connectivity index is -0.0000000449. The monoisotopic (exact) mass is 1830 g/mol. The molecule has 6 rings (SSSR count). The molecule has 0 amide bonds. The number of carbonyl (C=O) groups is 6. The van der Waals surface area contributed by atoms with E-state index >= 15 is 0 Å². The molecular formula is C42H59Cl12Gd2O33+11. The number of phenols is 2. The molecule has 89 heavy (non-hydrogen) atoms. The number of carbonyl (C=O) groups excluding carboxylic acids is 2. The van der Waals surface area contributed by atoms with Gasteiger partial charge in [-0.2, -0.15) is 0 Å². The summed E-state index contributed by atoms with van der Waals surface area (Å²) in [6.45, 7) is 0. The minimum atomic E-state index is -1.52. The minimum Gasteiger partial charge on any atom is -0.871 e. The van der Waals surface area contributed by atoms with E-state index in [2.05, 4.69) is 0 Å². The molecule has 0 fully saturated rings. The molecule has 0 saturated heterocycles. The van der Waals surface area contributed by atoms with Gasteiger partial charge in [0.05, 0.1) is 44.2 Å². The van der Waals surface area contributed by atoms with Crippen molar-refractivity contribution in [2.45, 2.75) is 0 Å². The molecule has 0 spiro atoms. The van der Waals surface area contributed by atoms with Crippen molar-refractivity contribution in [1.29, 1.82) is 0 Å². The standard InChI is InChI=1S/6C7H4Cl2O3.2Gd.15H2O/c6*8-3-1-4(7(11)12)6(10)5(9)2-3;;;;;;;;;;;;;;;;;/h6*1-2,10H,(H,11,12);;;15*1H2/q;;;;;;2*+3;;;;;;;;;;;;;;;/p+5. The van der Waals surface area contributed by atoms with Crippen LogP contribution in [0.15, 0.2) is 72.8 Å². The van der Waals surface area contributed by atoms with Crippen molar-refractivity contribution in [1.82, 2.24) is 0 Å². The number of aromatic hydroxyl groups is 2. The number of rotatable bonds is 6. The Labute approximate surface area is 621 Å². The van der Waals surface area contributed by atoms with Crippen LogP contribution in [-0.4, -0.2) is 88.4 Å². The molecule has 0 aliphatic rings. The Morgan fingerprint density at radius 3 is 0.517 bits per heavy atom. The predicted octanol–water partition coefficient (Wildman–Crippen LogP) is -4.25. The van der Waals surface area contributed by atoms with Crippen LogP contribution in [0.2, 0.25) is 60.3 Å². The van der Waals surface area contributed by atoms with Gasteiger partial charge in [0.1, 0.15) is 11.5 Å². The number of hydrogen-bond donors (Lipinski definition) is 6. The van der Waals surface area contributed by atoms with Gasteiger partial charge in [-0.05, 0) is 72.8 Å². The summed E-state index contributed by atoms with van der Waals surface area (Å²) in [7, 11) is 0. The number of aromatic carboxylic acids is 6. The number of halogens is 12. The first-order chi connectivity index (χ1) is 33.1. The van der Waals surface area contributed by atoms with Crippen molar-refractivity contribution in [3.05, 3.63) is 166 Å². The molecule has 0 aliphatic carbocycles. The maximum atomic E-state index is 11.0. The molecule has 0 saturated carbocycles. The topological polar surface area (TPSA) is 851 Å². The van der Waals surface area contributed by atoms with Gasteiger partial charge in [-0.1, -0.05) is 162 Å². The Hall–Kier alpha value is -3.53. The van der Waals surface area contributed by atoms with Crippen molar-refractivity contribution in [3.63, 3.8) is 0 Å². The van der Waals surface area contributed by atoms with Gasteiger partial charge in [-0.25, -0.2) is 19.2 Å². The number of carboxylic acids is 6. The minimum absolute atomic E-state index is 0. The summed E-state index contributed by atoms with van der Waals surface area (Å²) in [6.07, 6.45) is 0. The van der Waals surface area contributed by atoms with Gasteiger partial charge in [-0.3, -0.25) is 0 Å². The molecule has 2 radical (unpaired) electrons. The summed E-state index contributed by atoms with van der Waals surface area (Å²) < 4.78 is 0. The molecule has 0 aliphatic heterocycles. The van der Waals surface area contributed by atoms with Crippen molar-refractivity contribution in [2.75, 3.05) is 0 Å². The van der Waals surface area contributed by atoms with Crippen LogP contribution in [0.1, 0.15) is 62.1 Å². The van der Waals surface area contributed by atoms with E-state index in [0.29, 0.717) is 0 Å². The number of benzene rings is 6. The quantitative estimate of drug-likeness (QED) is 0.0860. The molecule has 6 aromatic rings. The summed E-state index contributed by atoms with van der Waals surface area (Å²) in [5.74, 6) is -12.3. The SMILES string of the molecule is O.O.O.O.O=C(O)c1cc(Cl)cc(Cl)c1[O-].O=C(O)c1cc(Cl)cc(Cl)c1[O-].O=C(O)c1cc(Cl)cc(Cl)c1[O-].O=C(O)c1cc(Cl)cc(Cl)c1[O-].O=C([O-])c1cc(Cl)cc(Cl)c1O.O=C([O-])c1cc(Cl)cc(Cl)c1O.[Gd+3].[Gd+3].[OH3+].[OH3+].[OH3+].[OH3+].[OH3+].[OH3+].[OH3+].[OH3+].[OH3+].[OH3+].[OH3+]. The Kier molecular flexibility index (Phi) is 88.7. The largest absolute Gasteiger partial charge is 3.00 e. The van der Waals surface area contributed by atoms with Crippen LogP contribution >= 0.6 is 139 Å². The van der Waals surface area contributed by atoms with Gasteiger partial charge in [0.15, 0.2) is 0 Å². The van der Waals surface area contributed by atoms with E-state index < -0.39 is 104 Å². The third-order valence-electron chi connectivity index (χ3n) is 7.45. The fraction of sp³-hybridized carbons (Fsp3) is 0. The molecule has 6 aromatic carbocycles. The first-order valence-corrected chi connectivity index (χ1v) is 22.0. The van der Waals surface area contributed by atoms with E-state index in [4.69, 9.17) is 170 Å². The second kappa shape index (κ2) is 60.7. The fourth-order valence-electron chi connectivity index (χ4n) is 4.32. The Morgan fingerprint density at radius 2 is 0.393 bits per heavy atom. The van der Waals surface area contributed by atoms with Gasteiger partial charge >= 0.3 is 104 Å². The smallest absolute Gasteiger partial charge is 0.871 e. The Bertz CT molecular complexity index is 2580. The maximum Gasteiger partial charge on any atom is 3.00 e. The molecule has 47 N–H and O–H groups in total.